The van der Waals surface area contributed by atoms with E-state index in [0.29, 0.717) is 11.5 Å². The van der Waals surface area contributed by atoms with E-state index in [1.165, 1.54) is 38.7 Å². The molecule has 0 aliphatic heterocycles. The fraction of sp³-hybridized carbons (Fsp3) is 0.600. The molecule has 0 amide bonds. The van der Waals surface area contributed by atoms with Gasteiger partial charge in [0.15, 0.2) is 5.78 Å². The minimum atomic E-state index is -0.948. The van der Waals surface area contributed by atoms with Crippen LogP contribution in [-0.4, -0.2) is 21.4 Å². The van der Waals surface area contributed by atoms with Gasteiger partial charge in [0.05, 0.1) is 0 Å². The Hall–Kier alpha value is -1.58. The predicted octanol–water partition coefficient (Wildman–Crippen LogP) is 2.83. The minimum Gasteiger partial charge on any atom is -0.477 e. The van der Waals surface area contributed by atoms with E-state index in [2.05, 4.69) is 0 Å². The van der Waals surface area contributed by atoms with E-state index >= 15 is 0 Å². The van der Waals surface area contributed by atoms with Gasteiger partial charge in [-0.3, -0.25) is 4.79 Å². The Morgan fingerprint density at radius 1 is 1.37 bits per heavy atom. The fourth-order valence-corrected chi connectivity index (χ4v) is 3.89. The molecule has 19 heavy (non-hydrogen) atoms. The van der Waals surface area contributed by atoms with E-state index in [0.717, 1.165) is 18.4 Å². The number of aromatic carboxylic acids is 1. The normalized spacial score (nSPS) is 28.8. The lowest BCUT2D eigenvalue weighted by Crippen LogP contribution is -2.19. The Bertz CT molecular complexity index is 531. The summed E-state index contributed by atoms with van der Waals surface area (Å²) >= 11 is 0. The van der Waals surface area contributed by atoms with E-state index in [9.17, 15) is 14.7 Å². The van der Waals surface area contributed by atoms with E-state index in [1.54, 1.807) is 10.8 Å². The Balaban J connectivity index is 1.83. The lowest BCUT2D eigenvalue weighted by molar-refractivity contribution is 0.0683. The molecule has 0 radical (unpaired) electrons. The second kappa shape index (κ2) is 4.51. The monoisotopic (exact) mass is 261 g/mol. The Morgan fingerprint density at radius 3 is 2.68 bits per heavy atom. The van der Waals surface area contributed by atoms with Crippen molar-refractivity contribution < 1.29 is 14.7 Å². The first-order valence-electron chi connectivity index (χ1n) is 6.99. The molecule has 1 aromatic heterocycles. The summed E-state index contributed by atoms with van der Waals surface area (Å²) in [5.74, 6) is 1.18. The first kappa shape index (κ1) is 12.5. The molecule has 1 aromatic rings. The highest BCUT2D eigenvalue weighted by Gasteiger charge is 2.39. The number of hydrogen-bond donors (Lipinski definition) is 1. The number of ketones is 1. The lowest BCUT2D eigenvalue weighted by atomic mass is 9.89. The van der Waals surface area contributed by atoms with Gasteiger partial charge in [-0.15, -0.1) is 0 Å². The van der Waals surface area contributed by atoms with E-state index < -0.39 is 5.97 Å². The molecule has 3 atom stereocenters. The summed E-state index contributed by atoms with van der Waals surface area (Å²) in [6.45, 7) is 2.22. The van der Waals surface area contributed by atoms with E-state index in [4.69, 9.17) is 0 Å². The van der Waals surface area contributed by atoms with E-state index in [-0.39, 0.29) is 11.5 Å². The maximum atomic E-state index is 11.4. The van der Waals surface area contributed by atoms with Gasteiger partial charge in [0.2, 0.25) is 0 Å². The minimum absolute atomic E-state index is 0.0748. The van der Waals surface area contributed by atoms with Crippen LogP contribution in [0.15, 0.2) is 12.3 Å². The van der Waals surface area contributed by atoms with Gasteiger partial charge in [-0.1, -0.05) is 6.42 Å². The molecule has 2 aliphatic carbocycles. The third kappa shape index (κ3) is 2.20. The zero-order valence-electron chi connectivity index (χ0n) is 11.1. The van der Waals surface area contributed by atoms with Crippen LogP contribution in [-0.2, 0) is 6.54 Å². The number of rotatable bonds is 4. The summed E-state index contributed by atoms with van der Waals surface area (Å²) in [6, 6.07) is 1.50. The number of hydrogen-bond acceptors (Lipinski definition) is 2. The van der Waals surface area contributed by atoms with Gasteiger partial charge in [-0.2, -0.15) is 0 Å². The smallest absolute Gasteiger partial charge is 0.352 e. The van der Waals surface area contributed by atoms with Crippen molar-refractivity contribution in [3.8, 4) is 0 Å². The van der Waals surface area contributed by atoms with Crippen LogP contribution in [0.2, 0.25) is 0 Å². The predicted molar refractivity (Wildman–Crippen MR) is 70.3 cm³/mol. The Morgan fingerprint density at radius 2 is 2.16 bits per heavy atom. The molecule has 3 unspecified atom stereocenters. The molecule has 0 aromatic carbocycles. The van der Waals surface area contributed by atoms with Gasteiger partial charge in [0.25, 0.3) is 0 Å². The highest BCUT2D eigenvalue weighted by atomic mass is 16.4. The van der Waals surface area contributed by atoms with Crippen LogP contribution in [0.4, 0.5) is 0 Å². The molecule has 2 bridgehead atoms. The van der Waals surface area contributed by atoms with Crippen LogP contribution in [0.25, 0.3) is 0 Å². The van der Waals surface area contributed by atoms with Crippen molar-refractivity contribution in [2.75, 3.05) is 0 Å². The first-order valence-corrected chi connectivity index (χ1v) is 6.99. The van der Waals surface area contributed by atoms with Crippen LogP contribution < -0.4 is 0 Å². The molecule has 3 rings (SSSR count). The molecule has 1 heterocycles. The van der Waals surface area contributed by atoms with Crippen LogP contribution in [0.5, 0.6) is 0 Å². The zero-order chi connectivity index (χ0) is 13.6. The molecule has 2 saturated carbocycles. The number of fused-ring (bicyclic) bond motifs is 2. The van der Waals surface area contributed by atoms with Crippen molar-refractivity contribution in [2.24, 2.45) is 17.8 Å². The molecular weight excluding hydrogens is 242 g/mol. The second-order valence-electron chi connectivity index (χ2n) is 6.06. The summed E-state index contributed by atoms with van der Waals surface area (Å²) in [7, 11) is 0. The molecule has 0 spiro atoms. The summed E-state index contributed by atoms with van der Waals surface area (Å²) in [4.78, 5) is 22.7. The number of carbonyl (C=O) groups is 2. The SMILES string of the molecule is CC(=O)c1cc(C(=O)O)n(CC2CC3CCC2C3)c1. The second-order valence-corrected chi connectivity index (χ2v) is 6.06. The highest BCUT2D eigenvalue weighted by Crippen LogP contribution is 2.48. The van der Waals surface area contributed by atoms with Crippen molar-refractivity contribution in [3.63, 3.8) is 0 Å². The largest absolute Gasteiger partial charge is 0.477 e. The topological polar surface area (TPSA) is 59.3 Å². The number of Topliss-reactive ketones (excluding diaryl/α,β-unsaturated/α-hetero) is 1. The fourth-order valence-electron chi connectivity index (χ4n) is 3.89. The average molecular weight is 261 g/mol. The third-order valence-electron chi connectivity index (χ3n) is 4.84. The highest BCUT2D eigenvalue weighted by molar-refractivity contribution is 5.97. The molecule has 4 heteroatoms. The van der Waals surface area contributed by atoms with Crippen LogP contribution in [0.1, 0.15) is 53.5 Å². The first-order chi connectivity index (χ1) is 9.04. The number of nitrogens with zero attached hydrogens (tertiary/aromatic N) is 1. The number of carbonyl (C=O) groups excluding carboxylic acids is 1. The average Bonchev–Trinajstić information content (AvgIpc) is 3.02. The van der Waals surface area contributed by atoms with Crippen molar-refractivity contribution in [2.45, 2.75) is 39.2 Å². The van der Waals surface area contributed by atoms with Gasteiger partial charge < -0.3 is 9.67 Å². The van der Waals surface area contributed by atoms with Crippen molar-refractivity contribution in [3.05, 3.63) is 23.5 Å². The molecule has 102 valence electrons. The quantitative estimate of drug-likeness (QED) is 0.848. The van der Waals surface area contributed by atoms with Crippen LogP contribution >= 0.6 is 0 Å². The van der Waals surface area contributed by atoms with Crippen LogP contribution in [0, 0.1) is 17.8 Å². The number of aromatic nitrogens is 1. The summed E-state index contributed by atoms with van der Waals surface area (Å²) in [6.07, 6.45) is 6.87. The number of carboxylic acids is 1. The molecular formula is C15H19NO3. The van der Waals surface area contributed by atoms with Crippen molar-refractivity contribution in [1.29, 1.82) is 0 Å². The molecule has 2 fully saturated rings. The van der Waals surface area contributed by atoms with Gasteiger partial charge >= 0.3 is 5.97 Å². The van der Waals surface area contributed by atoms with Gasteiger partial charge in [0, 0.05) is 18.3 Å². The maximum Gasteiger partial charge on any atom is 0.352 e. The molecule has 0 saturated heterocycles. The van der Waals surface area contributed by atoms with Gasteiger partial charge in [-0.05, 0) is 50.0 Å². The molecule has 1 N–H and O–H groups in total. The maximum absolute atomic E-state index is 11.4. The van der Waals surface area contributed by atoms with Crippen LogP contribution in [0.3, 0.4) is 0 Å². The lowest BCUT2D eigenvalue weighted by Gasteiger charge is -2.22. The molecule has 4 nitrogen and oxygen atoms in total. The summed E-state index contributed by atoms with van der Waals surface area (Å²) in [5, 5.41) is 9.23. The molecule has 2 aliphatic rings. The Kier molecular flexibility index (Phi) is 2.96. The van der Waals surface area contributed by atoms with Gasteiger partial charge in [0.1, 0.15) is 5.69 Å². The third-order valence-corrected chi connectivity index (χ3v) is 4.84. The summed E-state index contributed by atoms with van der Waals surface area (Å²) < 4.78 is 1.77. The van der Waals surface area contributed by atoms with Crippen molar-refractivity contribution in [1.82, 2.24) is 4.57 Å². The number of carboxylic acid groups (broad SMARTS) is 1. The Labute approximate surface area is 112 Å². The van der Waals surface area contributed by atoms with Gasteiger partial charge in [-0.25, -0.2) is 4.79 Å². The summed E-state index contributed by atoms with van der Waals surface area (Å²) in [5.41, 5.74) is 0.744. The van der Waals surface area contributed by atoms with E-state index in [1.807, 2.05) is 0 Å². The standard InChI is InChI=1S/C15H19NO3/c1-9(17)12-6-14(15(18)19)16(7-12)8-13-5-10-2-3-11(13)4-10/h6-7,10-11,13H,2-5,8H2,1H3,(H,18,19). The van der Waals surface area contributed by atoms with Crippen molar-refractivity contribution >= 4 is 11.8 Å². The zero-order valence-corrected chi connectivity index (χ0v) is 11.1.